The molecule has 0 saturated heterocycles. The molecule has 34 heavy (non-hydrogen) atoms. The number of halogens is 1. The molecule has 4 aromatic rings. The monoisotopic (exact) mass is 476 g/mol. The molecule has 1 aliphatic heterocycles. The quantitative estimate of drug-likeness (QED) is 0.407. The van der Waals surface area contributed by atoms with Gasteiger partial charge in [0.2, 0.25) is 5.76 Å². The first kappa shape index (κ1) is 22.0. The van der Waals surface area contributed by atoms with Crippen LogP contribution >= 0.6 is 11.6 Å². The van der Waals surface area contributed by atoms with Crippen molar-refractivity contribution in [2.75, 3.05) is 14.2 Å². The molecule has 0 radical (unpaired) electrons. The highest BCUT2D eigenvalue weighted by Crippen LogP contribution is 2.42. The van der Waals surface area contributed by atoms with Crippen molar-refractivity contribution in [2.45, 2.75) is 19.5 Å². The SMILES string of the molecule is COc1ccc([C@H]2c3c(oc4cc(C)c(Cl)cc4c3=O)C(=O)N2Cc2cccnc2)cc1OC. The molecule has 0 fully saturated rings. The smallest absolute Gasteiger partial charge is 0.291 e. The van der Waals surface area contributed by atoms with Gasteiger partial charge >= 0.3 is 0 Å². The average molecular weight is 477 g/mol. The van der Waals surface area contributed by atoms with E-state index in [1.54, 1.807) is 54.7 Å². The molecule has 8 heteroatoms. The fourth-order valence-corrected chi connectivity index (χ4v) is 4.53. The number of pyridine rings is 1. The number of aromatic nitrogens is 1. The summed E-state index contributed by atoms with van der Waals surface area (Å²) >= 11 is 6.31. The Hall–Kier alpha value is -3.84. The average Bonchev–Trinajstić information content (AvgIpc) is 3.12. The lowest BCUT2D eigenvalue weighted by molar-refractivity contribution is 0.0714. The number of ether oxygens (including phenoxy) is 2. The van der Waals surface area contributed by atoms with Crippen molar-refractivity contribution in [1.29, 1.82) is 0 Å². The fraction of sp³-hybridized carbons (Fsp3) is 0.192. The first-order valence-electron chi connectivity index (χ1n) is 10.6. The van der Waals surface area contributed by atoms with Crippen LogP contribution in [-0.2, 0) is 6.54 Å². The first-order chi connectivity index (χ1) is 16.4. The molecule has 3 heterocycles. The molecule has 0 aliphatic carbocycles. The third-order valence-electron chi connectivity index (χ3n) is 6.05. The van der Waals surface area contributed by atoms with Gasteiger partial charge in [-0.25, -0.2) is 0 Å². The van der Waals surface area contributed by atoms with Gasteiger partial charge in [0, 0.05) is 24.0 Å². The highest BCUT2D eigenvalue weighted by molar-refractivity contribution is 6.32. The minimum atomic E-state index is -0.691. The Labute approximate surface area is 200 Å². The topological polar surface area (TPSA) is 81.9 Å². The second-order valence-corrected chi connectivity index (χ2v) is 8.49. The summed E-state index contributed by atoms with van der Waals surface area (Å²) in [5, 5.41) is 0.787. The molecular weight excluding hydrogens is 456 g/mol. The standard InChI is InChI=1S/C26H21ClN2O5/c1-14-9-20-17(11-18(14)27)24(30)22-23(16-6-7-19(32-2)21(10-16)33-3)29(26(31)25(22)34-20)13-15-5-4-8-28-12-15/h4-12,23H,13H2,1-3H3/t23-/m0/s1. The molecule has 1 aliphatic rings. The highest BCUT2D eigenvalue weighted by Gasteiger charge is 2.43. The van der Waals surface area contributed by atoms with Crippen LogP contribution in [0.15, 0.2) is 64.1 Å². The van der Waals surface area contributed by atoms with Crippen LogP contribution in [0.2, 0.25) is 5.02 Å². The number of amides is 1. The number of nitrogens with zero attached hydrogens (tertiary/aromatic N) is 2. The number of hydrogen-bond acceptors (Lipinski definition) is 6. The van der Waals surface area contributed by atoms with E-state index in [2.05, 4.69) is 4.98 Å². The van der Waals surface area contributed by atoms with E-state index in [4.69, 9.17) is 25.5 Å². The van der Waals surface area contributed by atoms with Crippen LogP contribution in [0.25, 0.3) is 11.0 Å². The molecule has 2 aromatic carbocycles. The molecular formula is C26H21ClN2O5. The molecule has 5 rings (SSSR count). The summed E-state index contributed by atoms with van der Waals surface area (Å²) < 4.78 is 16.9. The van der Waals surface area contributed by atoms with Crippen molar-refractivity contribution in [3.63, 3.8) is 0 Å². The number of methoxy groups -OCH3 is 2. The number of rotatable bonds is 5. The Morgan fingerprint density at radius 3 is 2.59 bits per heavy atom. The van der Waals surface area contributed by atoms with Crippen LogP contribution < -0.4 is 14.9 Å². The summed E-state index contributed by atoms with van der Waals surface area (Å²) in [4.78, 5) is 33.1. The summed E-state index contributed by atoms with van der Waals surface area (Å²) in [6.45, 7) is 2.06. The van der Waals surface area contributed by atoms with Gasteiger partial charge in [-0.05, 0) is 53.9 Å². The maximum Gasteiger partial charge on any atom is 0.291 e. The zero-order valence-corrected chi connectivity index (χ0v) is 19.6. The molecule has 1 amide bonds. The van der Waals surface area contributed by atoms with Crippen molar-refractivity contribution >= 4 is 28.5 Å². The Balaban J connectivity index is 1.75. The van der Waals surface area contributed by atoms with E-state index in [1.165, 1.54) is 7.11 Å². The Kier molecular flexibility index (Phi) is 5.49. The van der Waals surface area contributed by atoms with E-state index in [0.717, 1.165) is 11.1 Å². The molecule has 0 unspecified atom stereocenters. The molecule has 7 nitrogen and oxygen atoms in total. The van der Waals surface area contributed by atoms with E-state index in [9.17, 15) is 9.59 Å². The van der Waals surface area contributed by atoms with Gasteiger partial charge in [-0.3, -0.25) is 14.6 Å². The van der Waals surface area contributed by atoms with Crippen LogP contribution in [0, 0.1) is 6.92 Å². The van der Waals surface area contributed by atoms with Crippen LogP contribution in [0.1, 0.15) is 38.9 Å². The maximum absolute atomic E-state index is 13.7. The Morgan fingerprint density at radius 2 is 1.88 bits per heavy atom. The normalized spacial score (nSPS) is 15.0. The highest BCUT2D eigenvalue weighted by atomic mass is 35.5. The predicted octanol–water partition coefficient (Wildman–Crippen LogP) is 4.91. The van der Waals surface area contributed by atoms with E-state index in [-0.39, 0.29) is 29.2 Å². The van der Waals surface area contributed by atoms with E-state index in [0.29, 0.717) is 33.1 Å². The third kappa shape index (κ3) is 3.49. The van der Waals surface area contributed by atoms with Gasteiger partial charge in [0.1, 0.15) is 5.58 Å². The summed E-state index contributed by atoms with van der Waals surface area (Å²) in [7, 11) is 3.09. The third-order valence-corrected chi connectivity index (χ3v) is 6.45. The molecule has 2 aromatic heterocycles. The van der Waals surface area contributed by atoms with Gasteiger partial charge in [-0.2, -0.15) is 0 Å². The zero-order chi connectivity index (χ0) is 24.0. The molecule has 1 atom stereocenters. The second-order valence-electron chi connectivity index (χ2n) is 8.08. The van der Waals surface area contributed by atoms with Gasteiger partial charge in [0.15, 0.2) is 16.9 Å². The van der Waals surface area contributed by atoms with Crippen LogP contribution in [0.5, 0.6) is 11.5 Å². The number of aryl methyl sites for hydroxylation is 1. The predicted molar refractivity (Wildman–Crippen MR) is 128 cm³/mol. The summed E-state index contributed by atoms with van der Waals surface area (Å²) in [6, 6.07) is 11.6. The van der Waals surface area contributed by atoms with Crippen molar-refractivity contribution < 1.29 is 18.7 Å². The first-order valence-corrected chi connectivity index (χ1v) is 11.0. The van der Waals surface area contributed by atoms with E-state index < -0.39 is 6.04 Å². The number of carbonyl (C=O) groups is 1. The number of fused-ring (bicyclic) bond motifs is 2. The van der Waals surface area contributed by atoms with Crippen molar-refractivity contribution in [3.05, 3.63) is 98.1 Å². The van der Waals surface area contributed by atoms with Crippen LogP contribution in [-0.4, -0.2) is 30.0 Å². The van der Waals surface area contributed by atoms with Gasteiger partial charge in [-0.15, -0.1) is 0 Å². The number of hydrogen-bond donors (Lipinski definition) is 0. The lowest BCUT2D eigenvalue weighted by atomic mass is 9.97. The minimum absolute atomic E-state index is 0.0305. The number of benzene rings is 2. The molecule has 0 spiro atoms. The van der Waals surface area contributed by atoms with E-state index >= 15 is 0 Å². The number of carbonyl (C=O) groups excluding carboxylic acids is 1. The molecule has 172 valence electrons. The van der Waals surface area contributed by atoms with Gasteiger partial charge < -0.3 is 18.8 Å². The lowest BCUT2D eigenvalue weighted by Crippen LogP contribution is -2.29. The second kappa shape index (κ2) is 8.50. The maximum atomic E-state index is 13.7. The van der Waals surface area contributed by atoms with Crippen LogP contribution in [0.3, 0.4) is 0 Å². The van der Waals surface area contributed by atoms with Crippen molar-refractivity contribution in [2.24, 2.45) is 0 Å². The summed E-state index contributed by atoms with van der Waals surface area (Å²) in [6.07, 6.45) is 3.36. The molecule has 0 saturated carbocycles. The zero-order valence-electron chi connectivity index (χ0n) is 18.8. The fourth-order valence-electron chi connectivity index (χ4n) is 4.36. The van der Waals surface area contributed by atoms with Gasteiger partial charge in [-0.1, -0.05) is 23.7 Å². The molecule has 0 N–H and O–H groups in total. The van der Waals surface area contributed by atoms with Gasteiger partial charge in [0.05, 0.1) is 31.2 Å². The Morgan fingerprint density at radius 1 is 1.09 bits per heavy atom. The van der Waals surface area contributed by atoms with Crippen LogP contribution in [0.4, 0.5) is 0 Å². The largest absolute Gasteiger partial charge is 0.493 e. The van der Waals surface area contributed by atoms with E-state index in [1.807, 2.05) is 19.1 Å². The summed E-state index contributed by atoms with van der Waals surface area (Å²) in [5.41, 5.74) is 2.58. The lowest BCUT2D eigenvalue weighted by Gasteiger charge is -2.25. The Bertz CT molecular complexity index is 1480. The minimum Gasteiger partial charge on any atom is -0.493 e. The molecule has 0 bridgehead atoms. The summed E-state index contributed by atoms with van der Waals surface area (Å²) in [5.74, 6) is 0.696. The van der Waals surface area contributed by atoms with Crippen molar-refractivity contribution in [1.82, 2.24) is 9.88 Å². The van der Waals surface area contributed by atoms with Crippen molar-refractivity contribution in [3.8, 4) is 11.5 Å². The van der Waals surface area contributed by atoms with Gasteiger partial charge in [0.25, 0.3) is 5.91 Å².